The number of hydrogen-bond donors (Lipinski definition) is 1. The van der Waals surface area contributed by atoms with Gasteiger partial charge in [-0.1, -0.05) is 18.2 Å². The van der Waals surface area contributed by atoms with Gasteiger partial charge in [-0.05, 0) is 48.7 Å². The number of anilines is 2. The van der Waals surface area contributed by atoms with Gasteiger partial charge in [0.25, 0.3) is 0 Å². The van der Waals surface area contributed by atoms with Crippen LogP contribution in [0.15, 0.2) is 60.9 Å². The number of nitrogens with one attached hydrogen (secondary N) is 1. The van der Waals surface area contributed by atoms with Gasteiger partial charge in [0.05, 0.1) is 25.5 Å². The molecule has 1 aromatic carbocycles. The Morgan fingerprint density at radius 2 is 1.79 bits per heavy atom. The summed E-state index contributed by atoms with van der Waals surface area (Å²) in [6, 6.07) is 12.5. The van der Waals surface area contributed by atoms with Crippen molar-refractivity contribution < 1.29 is 22.3 Å². The minimum absolute atomic E-state index is 0.0520. The molecule has 1 aliphatic carbocycles. The van der Waals surface area contributed by atoms with E-state index < -0.39 is 17.7 Å². The highest BCUT2D eigenvalue weighted by atomic mass is 19.4. The molecule has 1 N–H and O–H groups in total. The summed E-state index contributed by atoms with van der Waals surface area (Å²) in [5.74, 6) is 1.17. The van der Waals surface area contributed by atoms with E-state index in [9.17, 15) is 17.6 Å². The zero-order chi connectivity index (χ0) is 27.1. The molecule has 6 rings (SSSR count). The predicted molar refractivity (Wildman–Crippen MR) is 135 cm³/mol. The molecule has 0 bridgehead atoms. The zero-order valence-corrected chi connectivity index (χ0v) is 20.6. The molecule has 12 heteroatoms. The third-order valence-corrected chi connectivity index (χ3v) is 6.36. The molecular weight excluding hydrogens is 514 g/mol. The first-order valence-corrected chi connectivity index (χ1v) is 12.1. The second kappa shape index (κ2) is 9.61. The van der Waals surface area contributed by atoms with Crippen molar-refractivity contribution in [3.8, 4) is 17.3 Å². The number of methoxy groups -OCH3 is 1. The monoisotopic (exact) mass is 535 g/mol. The number of hydrogen-bond acceptors (Lipinski definition) is 7. The van der Waals surface area contributed by atoms with E-state index in [1.54, 1.807) is 7.11 Å². The lowest BCUT2D eigenvalue weighted by molar-refractivity contribution is -0.141. The molecule has 5 aromatic rings. The van der Waals surface area contributed by atoms with Crippen molar-refractivity contribution in [3.63, 3.8) is 0 Å². The van der Waals surface area contributed by atoms with Crippen LogP contribution in [-0.4, -0.2) is 36.6 Å². The summed E-state index contributed by atoms with van der Waals surface area (Å²) >= 11 is 0. The number of nitrogens with zero attached hydrogens (tertiary/aromatic N) is 6. The molecule has 0 unspecified atom stereocenters. The van der Waals surface area contributed by atoms with Gasteiger partial charge in [0, 0.05) is 12.1 Å². The van der Waals surface area contributed by atoms with Crippen LogP contribution in [0.2, 0.25) is 0 Å². The fraction of sp³-hybridized carbons (Fsp3) is 0.222. The lowest BCUT2D eigenvalue weighted by Gasteiger charge is -2.12. The second-order valence-corrected chi connectivity index (χ2v) is 9.13. The minimum atomic E-state index is -4.64. The molecule has 198 valence electrons. The van der Waals surface area contributed by atoms with Gasteiger partial charge < -0.3 is 14.6 Å². The Kier molecular flexibility index (Phi) is 6.09. The SMILES string of the molecule is COc1ccc(Cn2c(C3CC3)nc3c(Nc4ccncc4F)nc(-c4cccc(C(F)(F)F)n4)nc32)cc1. The molecule has 8 nitrogen and oxygen atoms in total. The van der Waals surface area contributed by atoms with Crippen LogP contribution in [-0.2, 0) is 12.7 Å². The van der Waals surface area contributed by atoms with Crippen molar-refractivity contribution in [1.29, 1.82) is 0 Å². The zero-order valence-electron chi connectivity index (χ0n) is 20.6. The van der Waals surface area contributed by atoms with Gasteiger partial charge in [-0.3, -0.25) is 4.98 Å². The standard InChI is InChI=1S/C27H21F4N7O/c1-39-17-9-5-15(6-10-17)14-38-25(16-7-8-16)35-22-24(34-19-11-12-32-13-18(19)28)36-23(37-26(22)38)20-3-2-4-21(33-20)27(29,30)31/h2-6,9-13,16H,7-8,14H2,1H3,(H,32,34,36,37). The Hall–Kier alpha value is -4.61. The molecule has 0 spiro atoms. The van der Waals surface area contributed by atoms with E-state index in [0.717, 1.165) is 36.5 Å². The maximum absolute atomic E-state index is 14.5. The van der Waals surface area contributed by atoms with Crippen molar-refractivity contribution in [1.82, 2.24) is 29.5 Å². The fourth-order valence-electron chi connectivity index (χ4n) is 4.26. The smallest absolute Gasteiger partial charge is 0.433 e. The summed E-state index contributed by atoms with van der Waals surface area (Å²) in [7, 11) is 1.59. The third kappa shape index (κ3) is 4.97. The molecular formula is C27H21F4N7O. The van der Waals surface area contributed by atoms with Crippen LogP contribution in [0, 0.1) is 5.82 Å². The summed E-state index contributed by atoms with van der Waals surface area (Å²) in [6.07, 6.45) is -0.284. The second-order valence-electron chi connectivity index (χ2n) is 9.13. The number of pyridine rings is 2. The average molecular weight is 536 g/mol. The van der Waals surface area contributed by atoms with E-state index in [4.69, 9.17) is 9.72 Å². The molecule has 0 aliphatic heterocycles. The summed E-state index contributed by atoms with van der Waals surface area (Å²) < 4.78 is 62.0. The molecule has 1 saturated carbocycles. The van der Waals surface area contributed by atoms with E-state index in [-0.39, 0.29) is 28.9 Å². The van der Waals surface area contributed by atoms with Gasteiger partial charge in [-0.2, -0.15) is 13.2 Å². The first-order valence-electron chi connectivity index (χ1n) is 12.1. The van der Waals surface area contributed by atoms with Crippen LogP contribution in [0.1, 0.15) is 35.8 Å². The number of ether oxygens (including phenoxy) is 1. The van der Waals surface area contributed by atoms with Crippen LogP contribution in [0.5, 0.6) is 5.75 Å². The van der Waals surface area contributed by atoms with Gasteiger partial charge in [0.2, 0.25) is 0 Å². The van der Waals surface area contributed by atoms with Crippen LogP contribution in [0.25, 0.3) is 22.7 Å². The lowest BCUT2D eigenvalue weighted by Crippen LogP contribution is -2.09. The highest BCUT2D eigenvalue weighted by Crippen LogP contribution is 2.42. The summed E-state index contributed by atoms with van der Waals surface area (Å²) in [5, 5.41) is 2.94. The highest BCUT2D eigenvalue weighted by molar-refractivity contribution is 5.88. The lowest BCUT2D eigenvalue weighted by atomic mass is 10.2. The highest BCUT2D eigenvalue weighted by Gasteiger charge is 2.34. The van der Waals surface area contributed by atoms with E-state index in [1.807, 2.05) is 28.8 Å². The number of fused-ring (bicyclic) bond motifs is 1. The van der Waals surface area contributed by atoms with Gasteiger partial charge in [0.15, 0.2) is 28.6 Å². The van der Waals surface area contributed by atoms with Crippen molar-refractivity contribution in [2.24, 2.45) is 0 Å². The van der Waals surface area contributed by atoms with Crippen LogP contribution in [0.3, 0.4) is 0 Å². The Balaban J connectivity index is 1.54. The summed E-state index contributed by atoms with van der Waals surface area (Å²) in [4.78, 5) is 21.5. The topological polar surface area (TPSA) is 90.6 Å². The van der Waals surface area contributed by atoms with Crippen molar-refractivity contribution in [3.05, 3.63) is 83.8 Å². The first kappa shape index (κ1) is 24.7. The van der Waals surface area contributed by atoms with Crippen molar-refractivity contribution in [2.45, 2.75) is 31.5 Å². The van der Waals surface area contributed by atoms with E-state index >= 15 is 0 Å². The molecule has 0 saturated heterocycles. The van der Waals surface area contributed by atoms with Crippen molar-refractivity contribution in [2.75, 3.05) is 12.4 Å². The van der Waals surface area contributed by atoms with Gasteiger partial charge in [0.1, 0.15) is 23.0 Å². The first-order chi connectivity index (χ1) is 18.8. The van der Waals surface area contributed by atoms with Gasteiger partial charge >= 0.3 is 6.18 Å². The van der Waals surface area contributed by atoms with E-state index in [0.29, 0.717) is 23.5 Å². The molecule has 0 atom stereocenters. The van der Waals surface area contributed by atoms with E-state index in [1.165, 1.54) is 24.4 Å². The molecule has 0 radical (unpaired) electrons. The Bertz CT molecular complexity index is 1660. The number of alkyl halides is 3. The minimum Gasteiger partial charge on any atom is -0.497 e. The Morgan fingerprint density at radius 1 is 1.00 bits per heavy atom. The van der Waals surface area contributed by atoms with Crippen LogP contribution >= 0.6 is 0 Å². The predicted octanol–water partition coefficient (Wildman–Crippen LogP) is 6.12. The fourth-order valence-corrected chi connectivity index (χ4v) is 4.26. The number of aromatic nitrogens is 6. The Labute approximate surface area is 219 Å². The maximum Gasteiger partial charge on any atom is 0.433 e. The number of rotatable bonds is 7. The van der Waals surface area contributed by atoms with Crippen LogP contribution < -0.4 is 10.1 Å². The maximum atomic E-state index is 14.5. The van der Waals surface area contributed by atoms with Gasteiger partial charge in [-0.15, -0.1) is 0 Å². The van der Waals surface area contributed by atoms with Crippen molar-refractivity contribution >= 4 is 22.7 Å². The molecule has 4 aromatic heterocycles. The molecule has 4 heterocycles. The molecule has 1 fully saturated rings. The van der Waals surface area contributed by atoms with E-state index in [2.05, 4.69) is 25.3 Å². The summed E-state index contributed by atoms with van der Waals surface area (Å²) in [6.45, 7) is 0.405. The average Bonchev–Trinajstić information content (AvgIpc) is 3.72. The van der Waals surface area contributed by atoms with Gasteiger partial charge in [-0.25, -0.2) is 24.3 Å². The normalized spacial score (nSPS) is 13.6. The number of imidazole rings is 1. The van der Waals surface area contributed by atoms with Crippen LogP contribution in [0.4, 0.5) is 29.1 Å². The number of benzene rings is 1. The summed E-state index contributed by atoms with van der Waals surface area (Å²) in [5.41, 5.74) is 0.667. The Morgan fingerprint density at radius 3 is 2.49 bits per heavy atom. The third-order valence-electron chi connectivity index (χ3n) is 6.36. The molecule has 39 heavy (non-hydrogen) atoms. The molecule has 0 amide bonds. The quantitative estimate of drug-likeness (QED) is 0.251. The largest absolute Gasteiger partial charge is 0.497 e. The molecule has 1 aliphatic rings. The number of halogens is 4.